The summed E-state index contributed by atoms with van der Waals surface area (Å²) >= 11 is 0. The highest BCUT2D eigenvalue weighted by Crippen LogP contribution is 2.48. The molecule has 0 saturated heterocycles. The van der Waals surface area contributed by atoms with Crippen LogP contribution in [0.5, 0.6) is 0 Å². The van der Waals surface area contributed by atoms with Crippen LogP contribution in [-0.4, -0.2) is 29.9 Å². The van der Waals surface area contributed by atoms with Crippen LogP contribution < -0.4 is 0 Å². The summed E-state index contributed by atoms with van der Waals surface area (Å²) in [5, 5.41) is 13.4. The van der Waals surface area contributed by atoms with Crippen LogP contribution in [0, 0.1) is 0 Å². The summed E-state index contributed by atoms with van der Waals surface area (Å²) in [4.78, 5) is 30.6. The molecule has 0 radical (unpaired) electrons. The van der Waals surface area contributed by atoms with Crippen LogP contribution in [0.25, 0.3) is 278 Å². The molecule has 6 aromatic heterocycles. The second kappa shape index (κ2) is 33.9. The van der Waals surface area contributed by atoms with Crippen molar-refractivity contribution in [2.24, 2.45) is 0 Å². The topological polar surface area (TPSA) is 130 Å². The largest absolute Gasteiger partial charge is 0.455 e. The van der Waals surface area contributed by atoms with E-state index < -0.39 is 0 Å². The molecule has 0 aliphatic rings. The molecule has 6 heterocycles. The smallest absolute Gasteiger partial charge is 0.164 e. The van der Waals surface area contributed by atoms with E-state index in [1.165, 1.54) is 21.9 Å². The van der Waals surface area contributed by atoms with Gasteiger partial charge in [-0.05, 0) is 89.3 Å². The number of hydrogen-bond donors (Lipinski definition) is 0. The van der Waals surface area contributed by atoms with Gasteiger partial charge in [-0.1, -0.05) is 461 Å². The zero-order valence-corrected chi connectivity index (χ0v) is 74.3. The number of furan rings is 4. The molecule has 21 aromatic carbocycles. The van der Waals surface area contributed by atoms with Crippen molar-refractivity contribution in [1.82, 2.24) is 29.9 Å². The Hall–Kier alpha value is -18.6. The average molecular weight is 1760 g/mol. The zero-order valence-electron chi connectivity index (χ0n) is 74.3. The first-order valence-electron chi connectivity index (χ1n) is 46.4. The second-order valence-electron chi connectivity index (χ2n) is 34.9. The molecule has 27 aromatic rings. The Kier molecular flexibility index (Phi) is 19.7. The lowest BCUT2D eigenvalue weighted by molar-refractivity contribution is 0.670. The number of aromatic nitrogens is 6. The van der Waals surface area contributed by atoms with E-state index in [2.05, 4.69) is 425 Å². The number of hydrogen-bond acceptors (Lipinski definition) is 10. The average Bonchev–Trinajstić information content (AvgIpc) is 1.61. The lowest BCUT2D eigenvalue weighted by atomic mass is 9.96. The highest BCUT2D eigenvalue weighted by atomic mass is 16.3. The molecule has 644 valence electrons. The summed E-state index contributed by atoms with van der Waals surface area (Å²) in [5.74, 6) is 3.58. The number of nitrogens with zero attached hydrogens (tertiary/aromatic N) is 6. The standard InChI is InChI=1S/C67H41N3O2.C61H37N3O2/c1-3-14-42(15-4-1)50-20-9-21-51(40-50)56-25-13-29-60-59-28-12-24-55(63(59)72-64(56)60)46-33-37-48(38-34-46)66-68-65(69-67(70-66)52-39-30-43-16-7-8-19-49(43)41-52)47-35-31-45(32-36-47)54-23-11-27-58-57-26-10-22-53(61(57)71-62(54)58)44-17-5-2-6-18-44;1-3-14-39(15-4-1)46-21-10-26-51-52-27-11-22-47(56(52)65-55(46)51)40-30-34-43(35-31-40)60-62-59(42-17-5-2-6-18-42)63-61(64-60)44-36-32-41(33-37-44)48-23-12-28-53-54-29-13-25-50(58(54)66-57(48)53)49-24-9-19-38-16-7-8-20-45(38)49/h1-41H;1-37H. The third-order valence-electron chi connectivity index (χ3n) is 26.8. The minimum atomic E-state index is 0.587. The number of para-hydroxylation sites is 8. The molecule has 0 saturated carbocycles. The molecule has 0 N–H and O–H groups in total. The van der Waals surface area contributed by atoms with Gasteiger partial charge in [-0.3, -0.25) is 0 Å². The van der Waals surface area contributed by atoms with Crippen molar-refractivity contribution in [3.63, 3.8) is 0 Å². The molecule has 0 fully saturated rings. The number of benzene rings is 21. The zero-order chi connectivity index (χ0) is 91.1. The Balaban J connectivity index is 0.000000143. The van der Waals surface area contributed by atoms with Gasteiger partial charge in [-0.25, -0.2) is 29.9 Å². The van der Waals surface area contributed by atoms with Crippen LogP contribution in [0.15, 0.2) is 491 Å². The van der Waals surface area contributed by atoms with E-state index >= 15 is 0 Å². The van der Waals surface area contributed by atoms with E-state index in [4.69, 9.17) is 47.6 Å². The second-order valence-corrected chi connectivity index (χ2v) is 34.9. The van der Waals surface area contributed by atoms with Crippen LogP contribution in [0.4, 0.5) is 0 Å². The van der Waals surface area contributed by atoms with Crippen molar-refractivity contribution in [1.29, 1.82) is 0 Å². The molecule has 138 heavy (non-hydrogen) atoms. The summed E-state index contributed by atoms with van der Waals surface area (Å²) in [5.41, 5.74) is 31.8. The molecule has 27 rings (SSSR count). The van der Waals surface area contributed by atoms with Gasteiger partial charge < -0.3 is 17.7 Å². The Morgan fingerprint density at radius 2 is 0.319 bits per heavy atom. The maximum Gasteiger partial charge on any atom is 0.164 e. The van der Waals surface area contributed by atoms with E-state index in [1.54, 1.807) is 0 Å². The third-order valence-corrected chi connectivity index (χ3v) is 26.8. The fourth-order valence-corrected chi connectivity index (χ4v) is 19.9. The Morgan fingerprint density at radius 3 is 0.681 bits per heavy atom. The monoisotopic (exact) mass is 1760 g/mol. The molecule has 0 bridgehead atoms. The highest BCUT2D eigenvalue weighted by Gasteiger charge is 2.25. The van der Waals surface area contributed by atoms with Crippen LogP contribution in [0.2, 0.25) is 0 Å². The molecular weight excluding hydrogens is 1690 g/mol. The molecule has 0 unspecified atom stereocenters. The minimum absolute atomic E-state index is 0.587. The summed E-state index contributed by atoms with van der Waals surface area (Å²) < 4.78 is 27.3. The number of fused-ring (bicyclic) bond motifs is 14. The van der Waals surface area contributed by atoms with E-state index in [0.29, 0.717) is 34.9 Å². The van der Waals surface area contributed by atoms with Crippen LogP contribution in [-0.2, 0) is 0 Å². The van der Waals surface area contributed by atoms with Crippen molar-refractivity contribution in [2.45, 2.75) is 0 Å². The first-order valence-corrected chi connectivity index (χ1v) is 46.4. The predicted octanol–water partition coefficient (Wildman–Crippen LogP) is 34.7. The van der Waals surface area contributed by atoms with E-state index in [-0.39, 0.29) is 0 Å². The van der Waals surface area contributed by atoms with Gasteiger partial charge in [0.1, 0.15) is 44.7 Å². The molecular formula is C128H78N6O4. The van der Waals surface area contributed by atoms with Crippen molar-refractivity contribution >= 4 is 109 Å². The quantitative estimate of drug-likeness (QED) is 0.0978. The van der Waals surface area contributed by atoms with Gasteiger partial charge in [0.05, 0.1) is 0 Å². The van der Waals surface area contributed by atoms with Crippen molar-refractivity contribution in [2.75, 3.05) is 0 Å². The van der Waals surface area contributed by atoms with Crippen molar-refractivity contribution in [3.05, 3.63) is 473 Å². The van der Waals surface area contributed by atoms with Gasteiger partial charge in [0.15, 0.2) is 34.9 Å². The first kappa shape index (κ1) is 80.2. The van der Waals surface area contributed by atoms with Gasteiger partial charge in [0.2, 0.25) is 0 Å². The molecule has 10 nitrogen and oxygen atoms in total. The number of rotatable bonds is 15. The maximum atomic E-state index is 6.90. The molecule has 0 atom stereocenters. The van der Waals surface area contributed by atoms with Crippen molar-refractivity contribution < 1.29 is 17.7 Å². The molecule has 10 heteroatoms. The van der Waals surface area contributed by atoms with Gasteiger partial charge in [0, 0.05) is 121 Å². The Labute approximate surface area is 793 Å². The van der Waals surface area contributed by atoms with Crippen molar-refractivity contribution in [3.8, 4) is 168 Å². The SMILES string of the molecule is c1ccc(-c2cccc(-c3cccc4c3oc3c(-c5ccc(-c6nc(-c7ccc(-c8cccc9c8oc8c(-c%10ccccc%10)cccc89)cc7)nc(-c7ccc8ccccc8c7)n6)cc5)cccc34)c2)cc1.c1ccc(-c2nc(-c3ccc(-c4cccc5c4oc4c(-c6ccccc6)cccc45)cc3)nc(-c3ccc(-c4cccc5c4oc4c(-c6cccc7ccccc67)cccc45)cc3)n2)cc1. The van der Waals surface area contributed by atoms with Gasteiger partial charge >= 0.3 is 0 Å². The fraction of sp³-hybridized carbons (Fsp3) is 0. The Bertz CT molecular complexity index is 9420. The van der Waals surface area contributed by atoms with E-state index in [1.807, 2.05) is 48.5 Å². The normalized spacial score (nSPS) is 11.6. The van der Waals surface area contributed by atoms with E-state index in [9.17, 15) is 0 Å². The molecule has 0 aliphatic heterocycles. The summed E-state index contributed by atoms with van der Waals surface area (Å²) in [6, 6.07) is 165. The highest BCUT2D eigenvalue weighted by molar-refractivity contribution is 6.18. The molecule has 0 aliphatic carbocycles. The van der Waals surface area contributed by atoms with Gasteiger partial charge in [-0.15, -0.1) is 0 Å². The summed E-state index contributed by atoms with van der Waals surface area (Å²) in [7, 11) is 0. The van der Waals surface area contributed by atoms with Crippen LogP contribution in [0.3, 0.4) is 0 Å². The maximum absolute atomic E-state index is 6.90. The summed E-state index contributed by atoms with van der Waals surface area (Å²) in [6.45, 7) is 0. The van der Waals surface area contributed by atoms with Crippen LogP contribution >= 0.6 is 0 Å². The summed E-state index contributed by atoms with van der Waals surface area (Å²) in [6.07, 6.45) is 0. The lowest BCUT2D eigenvalue weighted by Crippen LogP contribution is -2.00. The van der Waals surface area contributed by atoms with E-state index in [0.717, 1.165) is 221 Å². The van der Waals surface area contributed by atoms with Gasteiger partial charge in [0.25, 0.3) is 0 Å². The van der Waals surface area contributed by atoms with Crippen LogP contribution in [0.1, 0.15) is 0 Å². The lowest BCUT2D eigenvalue weighted by Gasteiger charge is -2.10. The third kappa shape index (κ3) is 14.4. The first-order chi connectivity index (χ1) is 68.4. The molecule has 0 amide bonds. The minimum Gasteiger partial charge on any atom is -0.455 e. The Morgan fingerprint density at radius 1 is 0.109 bits per heavy atom. The van der Waals surface area contributed by atoms with Gasteiger partial charge in [-0.2, -0.15) is 0 Å². The predicted molar refractivity (Wildman–Crippen MR) is 565 cm³/mol. The fourth-order valence-electron chi connectivity index (χ4n) is 19.9. The molecule has 0 spiro atoms.